The van der Waals surface area contributed by atoms with Gasteiger partial charge in [0.1, 0.15) is 0 Å². The molecule has 0 saturated carbocycles. The van der Waals surface area contributed by atoms with E-state index in [1.807, 2.05) is 37.3 Å². The van der Waals surface area contributed by atoms with Crippen LogP contribution in [-0.4, -0.2) is 32.1 Å². The lowest BCUT2D eigenvalue weighted by atomic mass is 9.87. The van der Waals surface area contributed by atoms with Crippen molar-refractivity contribution in [1.82, 2.24) is 10.6 Å². The van der Waals surface area contributed by atoms with Gasteiger partial charge in [-0.05, 0) is 31.5 Å². The summed E-state index contributed by atoms with van der Waals surface area (Å²) in [6, 6.07) is 9.17. The van der Waals surface area contributed by atoms with Crippen molar-refractivity contribution in [3.63, 3.8) is 0 Å². The predicted molar refractivity (Wildman–Crippen MR) is 84.0 cm³/mol. The monoisotopic (exact) mass is 304 g/mol. The molecule has 1 heterocycles. The summed E-state index contributed by atoms with van der Waals surface area (Å²) in [5, 5.41) is 6.21. The number of hydrogen-bond acceptors (Lipinski definition) is 4. The molecule has 0 aliphatic carbocycles. The van der Waals surface area contributed by atoms with Crippen LogP contribution in [0.5, 0.6) is 0 Å². The molecular formula is C17H24N2O3. The average molecular weight is 304 g/mol. The molecule has 120 valence electrons. The van der Waals surface area contributed by atoms with Gasteiger partial charge in [0.15, 0.2) is 0 Å². The number of nitrogens with one attached hydrogen (secondary N) is 2. The maximum absolute atomic E-state index is 12.5. The maximum atomic E-state index is 12.5. The molecule has 1 aliphatic heterocycles. The fourth-order valence-electron chi connectivity index (χ4n) is 2.64. The van der Waals surface area contributed by atoms with Crippen LogP contribution in [0, 0.1) is 17.8 Å². The molecule has 1 aromatic carbocycles. The first-order chi connectivity index (χ1) is 10.5. The lowest BCUT2D eigenvalue weighted by molar-refractivity contribution is -0.146. The number of carbonyl (C=O) groups excluding carboxylic acids is 2. The van der Waals surface area contributed by atoms with Crippen LogP contribution < -0.4 is 10.6 Å². The summed E-state index contributed by atoms with van der Waals surface area (Å²) in [4.78, 5) is 24.4. The van der Waals surface area contributed by atoms with Gasteiger partial charge in [0, 0.05) is 5.92 Å². The first kappa shape index (κ1) is 16.5. The number of ether oxygens (including phenoxy) is 1. The van der Waals surface area contributed by atoms with Crippen LogP contribution in [0.15, 0.2) is 30.3 Å². The normalized spacial score (nSPS) is 18.7. The molecule has 1 fully saturated rings. The summed E-state index contributed by atoms with van der Waals surface area (Å²) in [6.07, 6.45) is 0. The Morgan fingerprint density at radius 2 is 1.86 bits per heavy atom. The number of amides is 1. The fourth-order valence-corrected chi connectivity index (χ4v) is 2.64. The zero-order chi connectivity index (χ0) is 16.1. The highest BCUT2D eigenvalue weighted by molar-refractivity contribution is 5.81. The Labute approximate surface area is 131 Å². The second-order valence-electron chi connectivity index (χ2n) is 5.92. The van der Waals surface area contributed by atoms with Crippen molar-refractivity contribution < 1.29 is 14.3 Å². The van der Waals surface area contributed by atoms with Gasteiger partial charge in [-0.1, -0.05) is 37.3 Å². The van der Waals surface area contributed by atoms with Crippen LogP contribution in [-0.2, 0) is 14.3 Å². The fraction of sp³-hybridized carbons (Fsp3) is 0.529. The number of methoxy groups -OCH3 is 1. The molecule has 0 bridgehead atoms. The van der Waals surface area contributed by atoms with Crippen molar-refractivity contribution >= 4 is 11.9 Å². The van der Waals surface area contributed by atoms with Gasteiger partial charge < -0.3 is 15.4 Å². The molecule has 2 N–H and O–H groups in total. The number of esters is 1. The second-order valence-corrected chi connectivity index (χ2v) is 5.92. The van der Waals surface area contributed by atoms with E-state index >= 15 is 0 Å². The third-order valence-electron chi connectivity index (χ3n) is 4.46. The van der Waals surface area contributed by atoms with Crippen LogP contribution >= 0.6 is 0 Å². The first-order valence-corrected chi connectivity index (χ1v) is 7.68. The quantitative estimate of drug-likeness (QED) is 0.782. The summed E-state index contributed by atoms with van der Waals surface area (Å²) < 4.78 is 4.84. The molecule has 3 atom stereocenters. The first-order valence-electron chi connectivity index (χ1n) is 7.68. The Morgan fingerprint density at radius 3 is 2.36 bits per heavy atom. The van der Waals surface area contributed by atoms with Crippen LogP contribution in [0.4, 0.5) is 0 Å². The smallest absolute Gasteiger partial charge is 0.310 e. The minimum Gasteiger partial charge on any atom is -0.469 e. The molecule has 0 aromatic heterocycles. The molecule has 5 nitrogen and oxygen atoms in total. The Bertz CT molecular complexity index is 514. The molecule has 2 rings (SSSR count). The van der Waals surface area contributed by atoms with E-state index in [4.69, 9.17) is 4.74 Å². The Balaban J connectivity index is 2.13. The average Bonchev–Trinajstić information content (AvgIpc) is 2.50. The summed E-state index contributed by atoms with van der Waals surface area (Å²) >= 11 is 0. The van der Waals surface area contributed by atoms with Crippen molar-refractivity contribution in [2.45, 2.75) is 19.9 Å². The Kier molecular flexibility index (Phi) is 5.55. The SMILES string of the molecule is COC(=O)C(C)C(NC(=O)C(C)C1CNC1)c1ccccc1. The largest absolute Gasteiger partial charge is 0.469 e. The number of benzene rings is 1. The number of hydrogen-bond donors (Lipinski definition) is 2. The molecule has 5 heteroatoms. The second kappa shape index (κ2) is 7.40. The van der Waals surface area contributed by atoms with Crippen LogP contribution in [0.2, 0.25) is 0 Å². The highest BCUT2D eigenvalue weighted by Crippen LogP contribution is 2.25. The molecule has 0 radical (unpaired) electrons. The van der Waals surface area contributed by atoms with Gasteiger partial charge in [-0.15, -0.1) is 0 Å². The summed E-state index contributed by atoms with van der Waals surface area (Å²) in [5.74, 6) is -0.492. The molecule has 1 amide bonds. The third kappa shape index (κ3) is 3.65. The van der Waals surface area contributed by atoms with Crippen LogP contribution in [0.25, 0.3) is 0 Å². The van der Waals surface area contributed by atoms with Gasteiger partial charge in [0.05, 0.1) is 19.1 Å². The predicted octanol–water partition coefficient (Wildman–Crippen LogP) is 1.51. The molecule has 1 aromatic rings. The molecule has 1 aliphatic rings. The van der Waals surface area contributed by atoms with Crippen molar-refractivity contribution in [2.24, 2.45) is 17.8 Å². The van der Waals surface area contributed by atoms with E-state index in [-0.39, 0.29) is 23.8 Å². The maximum Gasteiger partial charge on any atom is 0.310 e. The van der Waals surface area contributed by atoms with Gasteiger partial charge >= 0.3 is 5.97 Å². The van der Waals surface area contributed by atoms with Gasteiger partial charge in [-0.3, -0.25) is 9.59 Å². The summed E-state index contributed by atoms with van der Waals surface area (Å²) in [5.41, 5.74) is 0.910. The van der Waals surface area contributed by atoms with E-state index in [9.17, 15) is 9.59 Å². The van der Waals surface area contributed by atoms with E-state index in [1.54, 1.807) is 6.92 Å². The summed E-state index contributed by atoms with van der Waals surface area (Å²) in [7, 11) is 1.37. The van der Waals surface area contributed by atoms with Crippen LogP contribution in [0.3, 0.4) is 0 Å². The van der Waals surface area contributed by atoms with Crippen molar-refractivity contribution in [3.05, 3.63) is 35.9 Å². The van der Waals surface area contributed by atoms with E-state index < -0.39 is 5.92 Å². The standard InChI is InChI=1S/C17H24N2O3/c1-11(14-9-18-10-14)16(20)19-15(12(2)17(21)22-3)13-7-5-4-6-8-13/h4-8,11-12,14-15,18H,9-10H2,1-3H3,(H,19,20). The zero-order valence-corrected chi connectivity index (χ0v) is 13.3. The zero-order valence-electron chi connectivity index (χ0n) is 13.3. The molecule has 3 unspecified atom stereocenters. The minimum absolute atomic E-state index is 0.0175. The molecule has 0 spiro atoms. The van der Waals surface area contributed by atoms with Crippen molar-refractivity contribution in [2.75, 3.05) is 20.2 Å². The minimum atomic E-state index is -0.442. The van der Waals surface area contributed by atoms with Gasteiger partial charge in [0.25, 0.3) is 0 Å². The van der Waals surface area contributed by atoms with Gasteiger partial charge in [-0.25, -0.2) is 0 Å². The Morgan fingerprint density at radius 1 is 1.23 bits per heavy atom. The number of carbonyl (C=O) groups is 2. The van der Waals surface area contributed by atoms with Crippen molar-refractivity contribution in [1.29, 1.82) is 0 Å². The van der Waals surface area contributed by atoms with E-state index in [0.717, 1.165) is 18.7 Å². The molecule has 1 saturated heterocycles. The van der Waals surface area contributed by atoms with E-state index in [2.05, 4.69) is 10.6 Å². The lowest BCUT2D eigenvalue weighted by Crippen LogP contribution is -2.50. The molecular weight excluding hydrogens is 280 g/mol. The highest BCUT2D eigenvalue weighted by atomic mass is 16.5. The topological polar surface area (TPSA) is 67.4 Å². The summed E-state index contributed by atoms with van der Waals surface area (Å²) in [6.45, 7) is 5.46. The van der Waals surface area contributed by atoms with Crippen molar-refractivity contribution in [3.8, 4) is 0 Å². The highest BCUT2D eigenvalue weighted by Gasteiger charge is 2.33. The van der Waals surface area contributed by atoms with Gasteiger partial charge in [0.2, 0.25) is 5.91 Å². The van der Waals surface area contributed by atoms with E-state index in [1.165, 1.54) is 7.11 Å². The number of rotatable bonds is 6. The third-order valence-corrected chi connectivity index (χ3v) is 4.46. The molecule has 22 heavy (non-hydrogen) atoms. The Hall–Kier alpha value is -1.88. The van der Waals surface area contributed by atoms with E-state index in [0.29, 0.717) is 5.92 Å². The lowest BCUT2D eigenvalue weighted by Gasteiger charge is -2.33. The van der Waals surface area contributed by atoms with Gasteiger partial charge in [-0.2, -0.15) is 0 Å². The van der Waals surface area contributed by atoms with Crippen LogP contribution in [0.1, 0.15) is 25.5 Å².